The van der Waals surface area contributed by atoms with Crippen molar-refractivity contribution in [3.05, 3.63) is 66.2 Å². The number of para-hydroxylation sites is 2. The van der Waals surface area contributed by atoms with Crippen LogP contribution in [-0.4, -0.2) is 51.4 Å². The van der Waals surface area contributed by atoms with Gasteiger partial charge in [-0.25, -0.2) is 4.98 Å². The molecule has 0 radical (unpaired) electrons. The average molecular weight is 376 g/mol. The van der Waals surface area contributed by atoms with Crippen LogP contribution in [0.1, 0.15) is 5.56 Å². The Balaban J connectivity index is 1.27. The molecule has 0 unspecified atom stereocenters. The van der Waals surface area contributed by atoms with Crippen molar-refractivity contribution in [2.75, 3.05) is 37.6 Å². The Bertz CT molecular complexity index is 1070. The molecule has 1 fully saturated rings. The Morgan fingerprint density at radius 3 is 2.56 bits per heavy atom. The molecule has 0 amide bonds. The fourth-order valence-corrected chi connectivity index (χ4v) is 4.37. The second-order valence-corrected chi connectivity index (χ2v) is 7.53. The number of rotatable bonds is 4. The predicted molar refractivity (Wildman–Crippen MR) is 112 cm³/mol. The minimum Gasteiger partial charge on any atom is -0.339 e. The first-order valence-electron chi connectivity index (χ1n) is 9.30. The summed E-state index contributed by atoms with van der Waals surface area (Å²) in [6, 6.07) is 18.8. The number of anilines is 1. The van der Waals surface area contributed by atoms with Crippen molar-refractivity contribution in [3.63, 3.8) is 0 Å². The first-order valence-corrected chi connectivity index (χ1v) is 10.1. The molecule has 0 spiro atoms. The van der Waals surface area contributed by atoms with Gasteiger partial charge in [-0.3, -0.25) is 9.30 Å². The lowest BCUT2D eigenvalue weighted by molar-refractivity contribution is 0.283. The summed E-state index contributed by atoms with van der Waals surface area (Å²) >= 11 is 1.48. The van der Waals surface area contributed by atoms with Gasteiger partial charge in [0.25, 0.3) is 0 Å². The van der Waals surface area contributed by atoms with E-state index in [-0.39, 0.29) is 0 Å². The topological polar surface area (TPSA) is 36.7 Å². The molecule has 136 valence electrons. The number of imidazole rings is 1. The normalized spacial score (nSPS) is 16.1. The van der Waals surface area contributed by atoms with E-state index in [1.54, 1.807) is 0 Å². The molecule has 6 heteroatoms. The standard InChI is InChI=1S/C21H21N5S/c1-2-7-17(8-3-1)9-6-12-24-13-15-25(16-14-24)20-23-27-21-22-18-10-4-5-11-19(18)26(20)21/h1-11H,12-16H2/b9-6+. The first-order chi connectivity index (χ1) is 13.4. The van der Waals surface area contributed by atoms with Gasteiger partial charge in [-0.15, -0.1) is 0 Å². The Morgan fingerprint density at radius 2 is 1.70 bits per heavy atom. The Labute approximate surface area is 162 Å². The number of benzene rings is 2. The first kappa shape index (κ1) is 16.5. The summed E-state index contributed by atoms with van der Waals surface area (Å²) in [5.74, 6) is 1.03. The zero-order valence-electron chi connectivity index (χ0n) is 15.0. The highest BCUT2D eigenvalue weighted by molar-refractivity contribution is 7.11. The van der Waals surface area contributed by atoms with Crippen LogP contribution >= 0.6 is 11.5 Å². The van der Waals surface area contributed by atoms with Gasteiger partial charge < -0.3 is 4.90 Å². The van der Waals surface area contributed by atoms with E-state index in [0.717, 1.165) is 54.7 Å². The van der Waals surface area contributed by atoms with Crippen molar-refractivity contribution < 1.29 is 0 Å². The van der Waals surface area contributed by atoms with E-state index in [0.29, 0.717) is 0 Å². The highest BCUT2D eigenvalue weighted by Gasteiger charge is 2.22. The van der Waals surface area contributed by atoms with Gasteiger partial charge in [-0.2, -0.15) is 4.37 Å². The van der Waals surface area contributed by atoms with Crippen molar-refractivity contribution >= 4 is 39.6 Å². The maximum absolute atomic E-state index is 4.69. The molecule has 0 saturated carbocycles. The van der Waals surface area contributed by atoms with Crippen LogP contribution in [0.25, 0.3) is 22.1 Å². The van der Waals surface area contributed by atoms with Gasteiger partial charge >= 0.3 is 0 Å². The lowest BCUT2D eigenvalue weighted by Gasteiger charge is -2.34. The van der Waals surface area contributed by atoms with Crippen LogP contribution in [0.4, 0.5) is 5.95 Å². The van der Waals surface area contributed by atoms with Gasteiger partial charge in [0, 0.05) is 44.3 Å². The molecule has 1 aliphatic rings. The number of hydrogen-bond acceptors (Lipinski definition) is 5. The number of nitrogens with zero attached hydrogens (tertiary/aromatic N) is 5. The van der Waals surface area contributed by atoms with Gasteiger partial charge in [0.2, 0.25) is 10.9 Å². The average Bonchev–Trinajstić information content (AvgIpc) is 3.29. The summed E-state index contributed by atoms with van der Waals surface area (Å²) < 4.78 is 6.89. The van der Waals surface area contributed by atoms with Gasteiger partial charge in [-0.05, 0) is 17.7 Å². The molecule has 0 atom stereocenters. The fourth-order valence-electron chi connectivity index (χ4n) is 3.61. The molecule has 0 aliphatic carbocycles. The zero-order valence-corrected chi connectivity index (χ0v) is 15.8. The summed E-state index contributed by atoms with van der Waals surface area (Å²) in [4.78, 5) is 10.5. The number of piperazine rings is 1. The monoisotopic (exact) mass is 375 g/mol. The third kappa shape index (κ3) is 3.22. The third-order valence-electron chi connectivity index (χ3n) is 5.07. The molecule has 5 nitrogen and oxygen atoms in total. The molecule has 27 heavy (non-hydrogen) atoms. The van der Waals surface area contributed by atoms with Crippen molar-refractivity contribution in [1.82, 2.24) is 18.7 Å². The lowest BCUT2D eigenvalue weighted by atomic mass is 10.2. The summed E-state index contributed by atoms with van der Waals surface area (Å²) in [5, 5.41) is 0. The van der Waals surface area contributed by atoms with Crippen molar-refractivity contribution in [2.24, 2.45) is 0 Å². The van der Waals surface area contributed by atoms with E-state index >= 15 is 0 Å². The van der Waals surface area contributed by atoms with Gasteiger partial charge in [-0.1, -0.05) is 54.6 Å². The summed E-state index contributed by atoms with van der Waals surface area (Å²) in [6.45, 7) is 5.06. The number of fused-ring (bicyclic) bond motifs is 3. The highest BCUT2D eigenvalue weighted by atomic mass is 32.1. The maximum atomic E-state index is 4.69. The molecular formula is C21H21N5S. The van der Waals surface area contributed by atoms with Crippen LogP contribution in [0, 0.1) is 0 Å². The quantitative estimate of drug-likeness (QED) is 0.544. The van der Waals surface area contributed by atoms with Crippen molar-refractivity contribution in [1.29, 1.82) is 0 Å². The van der Waals surface area contributed by atoms with Gasteiger partial charge in [0.15, 0.2) is 0 Å². The van der Waals surface area contributed by atoms with E-state index < -0.39 is 0 Å². The smallest absolute Gasteiger partial charge is 0.223 e. The molecule has 2 aromatic carbocycles. The fraction of sp³-hybridized carbons (Fsp3) is 0.238. The van der Waals surface area contributed by atoms with Crippen molar-refractivity contribution in [2.45, 2.75) is 0 Å². The van der Waals surface area contributed by atoms with Crippen LogP contribution in [0.5, 0.6) is 0 Å². The van der Waals surface area contributed by atoms with Crippen LogP contribution in [0.2, 0.25) is 0 Å². The summed E-state index contributed by atoms with van der Waals surface area (Å²) in [5.41, 5.74) is 3.44. The van der Waals surface area contributed by atoms with Crippen molar-refractivity contribution in [3.8, 4) is 0 Å². The Morgan fingerprint density at radius 1 is 0.926 bits per heavy atom. The molecule has 5 rings (SSSR count). The molecule has 0 bridgehead atoms. The summed E-state index contributed by atoms with van der Waals surface area (Å²) in [6.07, 6.45) is 4.46. The second-order valence-electron chi connectivity index (χ2n) is 6.80. The van der Waals surface area contributed by atoms with Crippen LogP contribution in [0.3, 0.4) is 0 Å². The van der Waals surface area contributed by atoms with E-state index in [2.05, 4.69) is 79.9 Å². The number of aromatic nitrogens is 3. The van der Waals surface area contributed by atoms with E-state index in [4.69, 9.17) is 4.37 Å². The van der Waals surface area contributed by atoms with Gasteiger partial charge in [0.1, 0.15) is 0 Å². The molecule has 2 aromatic heterocycles. The third-order valence-corrected chi connectivity index (χ3v) is 5.76. The SMILES string of the molecule is C(=C\c1ccccc1)/CN1CCN(c2nsc3nc4ccccc4n23)CC1. The van der Waals surface area contributed by atoms with E-state index in [1.807, 2.05) is 6.07 Å². The Hall–Kier alpha value is -2.70. The molecular weight excluding hydrogens is 354 g/mol. The summed E-state index contributed by atoms with van der Waals surface area (Å²) in [7, 11) is 0. The van der Waals surface area contributed by atoms with Gasteiger partial charge in [0.05, 0.1) is 11.0 Å². The molecule has 4 aromatic rings. The maximum Gasteiger partial charge on any atom is 0.223 e. The van der Waals surface area contributed by atoms with E-state index in [1.165, 1.54) is 17.1 Å². The van der Waals surface area contributed by atoms with Crippen LogP contribution in [0.15, 0.2) is 60.7 Å². The highest BCUT2D eigenvalue weighted by Crippen LogP contribution is 2.26. The van der Waals surface area contributed by atoms with Crippen LogP contribution < -0.4 is 4.90 Å². The molecule has 1 aliphatic heterocycles. The van der Waals surface area contributed by atoms with E-state index in [9.17, 15) is 0 Å². The molecule has 1 saturated heterocycles. The predicted octanol–water partition coefficient (Wildman–Crippen LogP) is 3.78. The lowest BCUT2D eigenvalue weighted by Crippen LogP contribution is -2.47. The van der Waals surface area contributed by atoms with Crippen LogP contribution in [-0.2, 0) is 0 Å². The zero-order chi connectivity index (χ0) is 18.1. The minimum absolute atomic E-state index is 0.972. The number of hydrogen-bond donors (Lipinski definition) is 0. The Kier molecular flexibility index (Phi) is 4.35. The molecule has 0 N–H and O–H groups in total. The largest absolute Gasteiger partial charge is 0.339 e. The second kappa shape index (κ2) is 7.13. The molecule has 3 heterocycles. The minimum atomic E-state index is 0.972.